The summed E-state index contributed by atoms with van der Waals surface area (Å²) in [6, 6.07) is 4.77. The lowest BCUT2D eigenvalue weighted by Crippen LogP contribution is -2.42. The molecule has 0 spiro atoms. The van der Waals surface area contributed by atoms with Crippen LogP contribution in [-0.2, 0) is 10.0 Å². The lowest BCUT2D eigenvalue weighted by atomic mass is 9.92. The van der Waals surface area contributed by atoms with Crippen molar-refractivity contribution in [2.45, 2.75) is 30.7 Å². The first-order valence-corrected chi connectivity index (χ1v) is 8.82. The van der Waals surface area contributed by atoms with Crippen molar-refractivity contribution < 1.29 is 17.9 Å². The summed E-state index contributed by atoms with van der Waals surface area (Å²) in [5, 5.41) is 0. The van der Waals surface area contributed by atoms with Gasteiger partial charge < -0.3 is 15.2 Å². The molecule has 1 fully saturated rings. The summed E-state index contributed by atoms with van der Waals surface area (Å²) in [5.41, 5.74) is 5.90. The van der Waals surface area contributed by atoms with E-state index in [-0.39, 0.29) is 23.3 Å². The molecule has 6 nitrogen and oxygen atoms in total. The second-order valence-electron chi connectivity index (χ2n) is 5.62. The smallest absolute Gasteiger partial charge is 0.243 e. The number of ether oxygens (including phenoxy) is 2. The van der Waals surface area contributed by atoms with E-state index >= 15 is 0 Å². The van der Waals surface area contributed by atoms with E-state index in [0.717, 1.165) is 12.8 Å². The second kappa shape index (κ2) is 8.19. The summed E-state index contributed by atoms with van der Waals surface area (Å²) in [4.78, 5) is 0.226. The Kier molecular flexibility index (Phi) is 7.13. The number of halogens is 1. The molecule has 2 N–H and O–H groups in total. The lowest BCUT2D eigenvalue weighted by Gasteiger charge is -2.33. The van der Waals surface area contributed by atoms with E-state index in [1.807, 2.05) is 6.92 Å². The van der Waals surface area contributed by atoms with Crippen LogP contribution in [0, 0.1) is 5.92 Å². The fourth-order valence-corrected chi connectivity index (χ4v) is 4.25. The van der Waals surface area contributed by atoms with E-state index in [1.165, 1.54) is 24.6 Å². The molecule has 0 aromatic heterocycles. The summed E-state index contributed by atoms with van der Waals surface area (Å²) in [6.07, 6.45) is 1.59. The van der Waals surface area contributed by atoms with Crippen molar-refractivity contribution in [3.8, 4) is 11.5 Å². The zero-order chi connectivity index (χ0) is 16.3. The number of methoxy groups -OCH3 is 2. The van der Waals surface area contributed by atoms with Gasteiger partial charge in [0.2, 0.25) is 10.0 Å². The van der Waals surface area contributed by atoms with E-state index in [4.69, 9.17) is 15.2 Å². The number of rotatable bonds is 5. The van der Waals surface area contributed by atoms with Crippen molar-refractivity contribution in [3.63, 3.8) is 0 Å². The number of nitrogens with zero attached hydrogens (tertiary/aromatic N) is 1. The van der Waals surface area contributed by atoms with Crippen LogP contribution < -0.4 is 15.2 Å². The summed E-state index contributed by atoms with van der Waals surface area (Å²) in [5.74, 6) is 1.31. The Balaban J connectivity index is 0.00000264. The molecule has 1 heterocycles. The molecule has 2 rings (SSSR count). The summed E-state index contributed by atoms with van der Waals surface area (Å²) in [7, 11) is -0.505. The Morgan fingerprint density at radius 2 is 1.74 bits per heavy atom. The molecule has 0 aliphatic carbocycles. The Morgan fingerprint density at radius 1 is 1.17 bits per heavy atom. The summed E-state index contributed by atoms with van der Waals surface area (Å²) >= 11 is 0. The van der Waals surface area contributed by atoms with Gasteiger partial charge in [-0.15, -0.1) is 12.4 Å². The van der Waals surface area contributed by atoms with Crippen LogP contribution >= 0.6 is 12.4 Å². The van der Waals surface area contributed by atoms with Gasteiger partial charge in [0, 0.05) is 25.2 Å². The predicted molar refractivity (Wildman–Crippen MR) is 91.9 cm³/mol. The van der Waals surface area contributed by atoms with Gasteiger partial charge in [-0.2, -0.15) is 4.31 Å². The minimum atomic E-state index is -3.51. The topological polar surface area (TPSA) is 81.9 Å². The van der Waals surface area contributed by atoms with Crippen molar-refractivity contribution in [1.82, 2.24) is 4.31 Å². The molecule has 23 heavy (non-hydrogen) atoms. The zero-order valence-corrected chi connectivity index (χ0v) is 15.3. The molecule has 1 aliphatic heterocycles. The van der Waals surface area contributed by atoms with E-state index < -0.39 is 10.0 Å². The first-order chi connectivity index (χ1) is 10.4. The largest absolute Gasteiger partial charge is 0.493 e. The second-order valence-corrected chi connectivity index (χ2v) is 7.56. The van der Waals surface area contributed by atoms with Crippen molar-refractivity contribution in [2.75, 3.05) is 27.3 Å². The number of nitrogens with two attached hydrogens (primary N) is 1. The third-order valence-corrected chi connectivity index (χ3v) is 6.13. The maximum Gasteiger partial charge on any atom is 0.243 e. The highest BCUT2D eigenvalue weighted by atomic mass is 35.5. The lowest BCUT2D eigenvalue weighted by molar-refractivity contribution is 0.250. The van der Waals surface area contributed by atoms with Crippen LogP contribution in [0.4, 0.5) is 0 Å². The van der Waals surface area contributed by atoms with Crippen LogP contribution in [0.1, 0.15) is 19.8 Å². The molecule has 1 aromatic carbocycles. The number of piperidine rings is 1. The van der Waals surface area contributed by atoms with Gasteiger partial charge in [0.25, 0.3) is 0 Å². The Bertz CT molecular complexity index is 614. The molecule has 1 aliphatic rings. The number of sulfonamides is 1. The van der Waals surface area contributed by atoms with Crippen LogP contribution in [0.2, 0.25) is 0 Å². The van der Waals surface area contributed by atoms with Gasteiger partial charge >= 0.3 is 0 Å². The first kappa shape index (κ1) is 20.0. The maximum atomic E-state index is 12.7. The van der Waals surface area contributed by atoms with Crippen molar-refractivity contribution in [1.29, 1.82) is 0 Å². The van der Waals surface area contributed by atoms with E-state index in [2.05, 4.69) is 0 Å². The van der Waals surface area contributed by atoms with Crippen molar-refractivity contribution >= 4 is 22.4 Å². The molecule has 1 atom stereocenters. The fourth-order valence-electron chi connectivity index (χ4n) is 2.77. The highest BCUT2D eigenvalue weighted by Gasteiger charge is 2.31. The minimum Gasteiger partial charge on any atom is -0.493 e. The van der Waals surface area contributed by atoms with Crippen LogP contribution in [0.3, 0.4) is 0 Å². The van der Waals surface area contributed by atoms with Gasteiger partial charge in [-0.25, -0.2) is 8.42 Å². The van der Waals surface area contributed by atoms with E-state index in [1.54, 1.807) is 12.1 Å². The molecule has 0 saturated carbocycles. The van der Waals surface area contributed by atoms with Crippen LogP contribution in [0.15, 0.2) is 23.1 Å². The standard InChI is InChI=1S/C15H24N2O4S.ClH/c1-11(16)12-6-8-17(9-7-12)22(18,19)13-4-5-14(20-2)15(10-13)21-3;/h4-5,10-12H,6-9,16H2,1-3H3;1H. The predicted octanol–water partition coefficient (Wildman–Crippen LogP) is 1.87. The van der Waals surface area contributed by atoms with Gasteiger partial charge in [0.15, 0.2) is 11.5 Å². The molecule has 0 bridgehead atoms. The number of hydrogen-bond acceptors (Lipinski definition) is 5. The highest BCUT2D eigenvalue weighted by Crippen LogP contribution is 2.32. The quantitative estimate of drug-likeness (QED) is 0.862. The third-order valence-electron chi connectivity index (χ3n) is 4.23. The zero-order valence-electron chi connectivity index (χ0n) is 13.7. The van der Waals surface area contributed by atoms with Gasteiger partial charge in [-0.05, 0) is 37.8 Å². The Hall–Kier alpha value is -1.02. The van der Waals surface area contributed by atoms with E-state index in [0.29, 0.717) is 30.5 Å². The first-order valence-electron chi connectivity index (χ1n) is 7.38. The molecule has 1 saturated heterocycles. The van der Waals surface area contributed by atoms with Crippen molar-refractivity contribution in [3.05, 3.63) is 18.2 Å². The van der Waals surface area contributed by atoms with Crippen LogP contribution in [0.5, 0.6) is 11.5 Å². The number of hydrogen-bond donors (Lipinski definition) is 1. The molecule has 132 valence electrons. The number of benzene rings is 1. The molecular weight excluding hydrogens is 340 g/mol. The monoisotopic (exact) mass is 364 g/mol. The minimum absolute atomic E-state index is 0. The Labute approximate surface area is 144 Å². The summed E-state index contributed by atoms with van der Waals surface area (Å²) in [6.45, 7) is 2.98. The highest BCUT2D eigenvalue weighted by molar-refractivity contribution is 7.89. The molecule has 0 amide bonds. The molecule has 8 heteroatoms. The average Bonchev–Trinajstić information content (AvgIpc) is 2.54. The van der Waals surface area contributed by atoms with E-state index in [9.17, 15) is 8.42 Å². The molecular formula is C15H25ClN2O4S. The van der Waals surface area contributed by atoms with Gasteiger partial charge in [-0.1, -0.05) is 0 Å². The fraction of sp³-hybridized carbons (Fsp3) is 0.600. The van der Waals surface area contributed by atoms with Crippen molar-refractivity contribution in [2.24, 2.45) is 11.7 Å². The van der Waals surface area contributed by atoms with Gasteiger partial charge in [-0.3, -0.25) is 0 Å². The summed E-state index contributed by atoms with van der Waals surface area (Å²) < 4.78 is 37.3. The molecule has 1 aromatic rings. The van der Waals surface area contributed by atoms with Gasteiger partial charge in [0.05, 0.1) is 19.1 Å². The van der Waals surface area contributed by atoms with Crippen LogP contribution in [0.25, 0.3) is 0 Å². The average molecular weight is 365 g/mol. The SMILES string of the molecule is COc1ccc(S(=O)(=O)N2CCC(C(C)N)CC2)cc1OC.Cl. The molecule has 1 unspecified atom stereocenters. The van der Waals surface area contributed by atoms with Crippen LogP contribution in [-0.4, -0.2) is 46.1 Å². The molecule has 0 radical (unpaired) electrons. The van der Waals surface area contributed by atoms with Gasteiger partial charge in [0.1, 0.15) is 0 Å². The third kappa shape index (κ3) is 4.29. The Morgan fingerprint density at radius 3 is 2.22 bits per heavy atom. The maximum absolute atomic E-state index is 12.7. The normalized spacial score (nSPS) is 18.1.